The molecule has 0 amide bonds. The third-order valence-electron chi connectivity index (χ3n) is 6.27. The fourth-order valence-electron chi connectivity index (χ4n) is 4.31. The van der Waals surface area contributed by atoms with Crippen LogP contribution in [0.1, 0.15) is 162 Å². The van der Waals surface area contributed by atoms with E-state index in [0.29, 0.717) is 0 Å². The highest BCUT2D eigenvalue weighted by Gasteiger charge is 2.16. The number of hydrogen-bond acceptors (Lipinski definition) is 3. The Labute approximate surface area is 195 Å². The molecule has 1 unspecified atom stereocenters. The minimum absolute atomic E-state index is 0.358. The van der Waals surface area contributed by atoms with E-state index in [9.17, 15) is 8.42 Å². The molecule has 0 aliphatic carbocycles. The molecular formula is C26H54O4S. The Morgan fingerprint density at radius 1 is 0.516 bits per heavy atom. The monoisotopic (exact) mass is 462 g/mol. The van der Waals surface area contributed by atoms with Crippen molar-refractivity contribution in [2.45, 2.75) is 168 Å². The largest absolute Gasteiger partial charge is 0.397 e. The average Bonchev–Trinajstić information content (AvgIpc) is 2.72. The maximum absolute atomic E-state index is 11.1. The summed E-state index contributed by atoms with van der Waals surface area (Å²) in [5.74, 6) is 0. The zero-order valence-electron chi connectivity index (χ0n) is 20.9. The molecule has 5 heteroatoms. The summed E-state index contributed by atoms with van der Waals surface area (Å²) in [7, 11) is -4.35. The van der Waals surface area contributed by atoms with Crippen LogP contribution in [-0.2, 0) is 14.6 Å². The predicted octanol–water partition coefficient (Wildman–Crippen LogP) is 9.19. The lowest BCUT2D eigenvalue weighted by Crippen LogP contribution is -2.18. The molecule has 0 saturated carbocycles. The zero-order valence-corrected chi connectivity index (χ0v) is 21.7. The fourth-order valence-corrected chi connectivity index (χ4v) is 4.84. The molecule has 0 aromatic carbocycles. The Kier molecular flexibility index (Phi) is 22.9. The zero-order chi connectivity index (χ0) is 23.0. The Hall–Kier alpha value is -0.130. The second-order valence-corrected chi connectivity index (χ2v) is 10.5. The molecule has 0 saturated heterocycles. The van der Waals surface area contributed by atoms with Gasteiger partial charge in [-0.2, -0.15) is 8.42 Å². The van der Waals surface area contributed by atoms with E-state index in [0.717, 1.165) is 38.5 Å². The Morgan fingerprint density at radius 3 is 1.03 bits per heavy atom. The van der Waals surface area contributed by atoms with Gasteiger partial charge in [-0.25, -0.2) is 4.18 Å². The fraction of sp³-hybridized carbons (Fsp3) is 1.00. The van der Waals surface area contributed by atoms with Crippen LogP contribution in [0.2, 0.25) is 0 Å². The maximum Gasteiger partial charge on any atom is 0.397 e. The van der Waals surface area contributed by atoms with E-state index in [1.807, 2.05) is 0 Å². The van der Waals surface area contributed by atoms with Crippen molar-refractivity contribution in [2.75, 3.05) is 0 Å². The lowest BCUT2D eigenvalue weighted by atomic mass is 10.0. The van der Waals surface area contributed by atoms with E-state index in [1.54, 1.807) is 0 Å². The van der Waals surface area contributed by atoms with Gasteiger partial charge in [-0.1, -0.05) is 149 Å². The summed E-state index contributed by atoms with van der Waals surface area (Å²) < 4.78 is 36.2. The molecule has 0 rings (SSSR count). The summed E-state index contributed by atoms with van der Waals surface area (Å²) in [5.41, 5.74) is 0. The summed E-state index contributed by atoms with van der Waals surface area (Å²) >= 11 is 0. The minimum Gasteiger partial charge on any atom is -0.264 e. The molecule has 4 nitrogen and oxygen atoms in total. The van der Waals surface area contributed by atoms with Gasteiger partial charge in [0.15, 0.2) is 0 Å². The van der Waals surface area contributed by atoms with Crippen LogP contribution in [0.15, 0.2) is 0 Å². The number of hydrogen-bond donors (Lipinski definition) is 1. The summed E-state index contributed by atoms with van der Waals surface area (Å²) in [5, 5.41) is 0. The molecule has 31 heavy (non-hydrogen) atoms. The molecule has 0 aromatic heterocycles. The average molecular weight is 463 g/mol. The molecule has 0 fully saturated rings. The summed E-state index contributed by atoms with van der Waals surface area (Å²) in [6.45, 7) is 4.48. The molecule has 0 spiro atoms. The van der Waals surface area contributed by atoms with Gasteiger partial charge in [0.2, 0.25) is 0 Å². The molecule has 1 N–H and O–H groups in total. The molecule has 0 aromatic rings. The minimum atomic E-state index is -4.35. The van der Waals surface area contributed by atoms with Crippen LogP contribution >= 0.6 is 0 Å². The van der Waals surface area contributed by atoms with Gasteiger partial charge >= 0.3 is 10.4 Å². The molecule has 188 valence electrons. The second kappa shape index (κ2) is 23.0. The second-order valence-electron chi connectivity index (χ2n) is 9.44. The standard InChI is InChI=1S/C26H54O4S/c1-3-5-7-9-11-12-13-14-15-16-17-19-21-23-25-26(30-31(27,28)29)24-22-20-18-10-8-6-4-2/h26H,3-25H2,1-2H3,(H,27,28,29). The van der Waals surface area contributed by atoms with Crippen LogP contribution in [0.3, 0.4) is 0 Å². The van der Waals surface area contributed by atoms with Crippen LogP contribution in [0.5, 0.6) is 0 Å². The van der Waals surface area contributed by atoms with Crippen molar-refractivity contribution < 1.29 is 17.2 Å². The van der Waals surface area contributed by atoms with E-state index in [-0.39, 0.29) is 6.10 Å². The van der Waals surface area contributed by atoms with Gasteiger partial charge in [0.1, 0.15) is 0 Å². The molecule has 0 bridgehead atoms. The normalized spacial score (nSPS) is 13.0. The van der Waals surface area contributed by atoms with Crippen LogP contribution < -0.4 is 0 Å². The molecular weight excluding hydrogens is 408 g/mol. The van der Waals surface area contributed by atoms with Crippen molar-refractivity contribution >= 4 is 10.4 Å². The van der Waals surface area contributed by atoms with Gasteiger partial charge < -0.3 is 0 Å². The lowest BCUT2D eigenvalue weighted by Gasteiger charge is -2.15. The highest BCUT2D eigenvalue weighted by atomic mass is 32.3. The van der Waals surface area contributed by atoms with Crippen molar-refractivity contribution in [3.8, 4) is 0 Å². The summed E-state index contributed by atoms with van der Waals surface area (Å²) in [6.07, 6.45) is 27.9. The Balaban J connectivity index is 3.63. The van der Waals surface area contributed by atoms with Gasteiger partial charge in [-0.3, -0.25) is 4.55 Å². The van der Waals surface area contributed by atoms with Gasteiger partial charge in [0.05, 0.1) is 6.10 Å². The van der Waals surface area contributed by atoms with Gasteiger partial charge in [-0.15, -0.1) is 0 Å². The van der Waals surface area contributed by atoms with Gasteiger partial charge in [0, 0.05) is 0 Å². The highest BCUT2D eigenvalue weighted by Crippen LogP contribution is 2.19. The van der Waals surface area contributed by atoms with Crippen molar-refractivity contribution in [1.82, 2.24) is 0 Å². The van der Waals surface area contributed by atoms with Crippen LogP contribution in [0.25, 0.3) is 0 Å². The van der Waals surface area contributed by atoms with E-state index < -0.39 is 10.4 Å². The van der Waals surface area contributed by atoms with Crippen LogP contribution in [0.4, 0.5) is 0 Å². The van der Waals surface area contributed by atoms with Crippen molar-refractivity contribution in [1.29, 1.82) is 0 Å². The Bertz CT molecular complexity index is 450. The van der Waals surface area contributed by atoms with E-state index in [1.165, 1.54) is 109 Å². The van der Waals surface area contributed by atoms with Crippen molar-refractivity contribution in [3.63, 3.8) is 0 Å². The Morgan fingerprint density at radius 2 is 0.774 bits per heavy atom. The number of rotatable bonds is 25. The first-order valence-electron chi connectivity index (χ1n) is 13.6. The van der Waals surface area contributed by atoms with E-state index in [2.05, 4.69) is 13.8 Å². The quantitative estimate of drug-likeness (QED) is 0.108. The van der Waals surface area contributed by atoms with E-state index in [4.69, 9.17) is 8.74 Å². The topological polar surface area (TPSA) is 63.6 Å². The predicted molar refractivity (Wildman–Crippen MR) is 134 cm³/mol. The summed E-state index contributed by atoms with van der Waals surface area (Å²) in [4.78, 5) is 0. The molecule has 0 radical (unpaired) electrons. The SMILES string of the molecule is CCCCCCCCCCCCCCCCC(CCCCCCCCC)OS(=O)(=O)O. The highest BCUT2D eigenvalue weighted by molar-refractivity contribution is 7.80. The van der Waals surface area contributed by atoms with Crippen LogP contribution in [-0.4, -0.2) is 19.1 Å². The third kappa shape index (κ3) is 26.0. The van der Waals surface area contributed by atoms with Crippen molar-refractivity contribution in [2.24, 2.45) is 0 Å². The maximum atomic E-state index is 11.1. The summed E-state index contributed by atoms with van der Waals surface area (Å²) in [6, 6.07) is 0. The van der Waals surface area contributed by atoms with Gasteiger partial charge in [-0.05, 0) is 12.8 Å². The molecule has 0 aliphatic heterocycles. The number of unbranched alkanes of at least 4 members (excludes halogenated alkanes) is 19. The first kappa shape index (κ1) is 30.9. The third-order valence-corrected chi connectivity index (χ3v) is 6.78. The van der Waals surface area contributed by atoms with Gasteiger partial charge in [0.25, 0.3) is 0 Å². The molecule has 0 heterocycles. The van der Waals surface area contributed by atoms with E-state index >= 15 is 0 Å². The molecule has 1 atom stereocenters. The lowest BCUT2D eigenvalue weighted by molar-refractivity contribution is 0.157. The van der Waals surface area contributed by atoms with Crippen LogP contribution in [0, 0.1) is 0 Å². The van der Waals surface area contributed by atoms with Crippen molar-refractivity contribution in [3.05, 3.63) is 0 Å². The molecule has 0 aliphatic rings. The first-order chi connectivity index (χ1) is 15.0. The first-order valence-corrected chi connectivity index (χ1v) is 15.0. The smallest absolute Gasteiger partial charge is 0.264 e.